The second-order valence-corrected chi connectivity index (χ2v) is 12.6. The van der Waals surface area contributed by atoms with Crippen LogP contribution in [0.15, 0.2) is 0 Å². The minimum Gasteiger partial charge on any atom is -0.396 e. The zero-order chi connectivity index (χ0) is 22.3. The predicted octanol–water partition coefficient (Wildman–Crippen LogP) is 6.82. The minimum absolute atomic E-state index is 0.0391. The molecule has 1 spiro atoms. The molecular weight excluding hydrogens is 384 g/mol. The molecule has 7 atom stereocenters. The lowest BCUT2D eigenvalue weighted by Crippen LogP contribution is -2.60. The van der Waals surface area contributed by atoms with Crippen molar-refractivity contribution in [3.8, 4) is 0 Å². The number of rotatable bonds is 8. The molecule has 0 aromatic heterocycles. The van der Waals surface area contributed by atoms with E-state index in [4.69, 9.17) is 9.47 Å². The highest BCUT2D eigenvalue weighted by atomic mass is 16.7. The van der Waals surface area contributed by atoms with E-state index >= 15 is 0 Å². The lowest BCUT2D eigenvalue weighted by Gasteiger charge is -2.61. The Kier molecular flexibility index (Phi) is 7.17. The highest BCUT2D eigenvalue weighted by molar-refractivity contribution is 5.11. The fraction of sp³-hybridized carbons (Fsp3) is 1.00. The first-order chi connectivity index (χ1) is 14.8. The molecule has 1 aliphatic heterocycles. The smallest absolute Gasteiger partial charge is 0.174 e. The van der Waals surface area contributed by atoms with Gasteiger partial charge in [-0.25, -0.2) is 0 Å². The maximum atomic E-state index is 9.65. The Bertz CT molecular complexity index is 597. The zero-order valence-corrected chi connectivity index (χ0v) is 21.1. The fourth-order valence-corrected chi connectivity index (χ4v) is 9.18. The molecule has 3 nitrogen and oxygen atoms in total. The molecule has 3 aliphatic carbocycles. The number of aliphatic hydroxyl groups excluding tert-OH is 1. The second kappa shape index (κ2) is 9.26. The average molecular weight is 435 g/mol. The summed E-state index contributed by atoms with van der Waals surface area (Å²) < 4.78 is 12.8. The first-order valence-electron chi connectivity index (χ1n) is 13.7. The van der Waals surface area contributed by atoms with Crippen LogP contribution in [0.5, 0.6) is 0 Å². The molecule has 0 aromatic rings. The van der Waals surface area contributed by atoms with Gasteiger partial charge in [-0.1, -0.05) is 53.9 Å². The van der Waals surface area contributed by atoms with E-state index in [0.29, 0.717) is 11.3 Å². The van der Waals surface area contributed by atoms with Crippen molar-refractivity contribution in [1.29, 1.82) is 0 Å². The zero-order valence-electron chi connectivity index (χ0n) is 21.1. The van der Waals surface area contributed by atoms with E-state index in [1.54, 1.807) is 0 Å². The summed E-state index contributed by atoms with van der Waals surface area (Å²) in [7, 11) is 0. The van der Waals surface area contributed by atoms with Gasteiger partial charge in [0, 0.05) is 18.4 Å². The molecule has 4 rings (SSSR count). The minimum atomic E-state index is -0.390. The van der Waals surface area contributed by atoms with Crippen molar-refractivity contribution in [2.75, 3.05) is 19.8 Å². The number of hydrogen-bond donors (Lipinski definition) is 1. The number of ether oxygens (including phenoxy) is 2. The molecule has 4 aliphatic rings. The van der Waals surface area contributed by atoms with E-state index in [0.717, 1.165) is 62.1 Å². The molecule has 0 amide bonds. The van der Waals surface area contributed by atoms with Gasteiger partial charge in [0.1, 0.15) is 0 Å². The normalized spacial score (nSPS) is 42.7. The summed E-state index contributed by atoms with van der Waals surface area (Å²) in [5.74, 6) is 4.58. The summed E-state index contributed by atoms with van der Waals surface area (Å²) >= 11 is 0. The molecular formula is C28H50O3. The van der Waals surface area contributed by atoms with E-state index in [2.05, 4.69) is 34.6 Å². The highest BCUT2D eigenvalue weighted by Crippen LogP contribution is 2.69. The van der Waals surface area contributed by atoms with Crippen molar-refractivity contribution in [3.63, 3.8) is 0 Å². The molecule has 1 saturated heterocycles. The molecule has 180 valence electrons. The van der Waals surface area contributed by atoms with Gasteiger partial charge in [-0.2, -0.15) is 0 Å². The summed E-state index contributed by atoms with van der Waals surface area (Å²) in [5.41, 5.74) is 0.565. The first-order valence-corrected chi connectivity index (χ1v) is 13.7. The molecule has 4 fully saturated rings. The van der Waals surface area contributed by atoms with E-state index in [1.807, 2.05) is 0 Å². The molecule has 7 unspecified atom stereocenters. The van der Waals surface area contributed by atoms with Gasteiger partial charge in [0.2, 0.25) is 0 Å². The predicted molar refractivity (Wildman–Crippen MR) is 127 cm³/mol. The summed E-state index contributed by atoms with van der Waals surface area (Å²) in [6, 6.07) is 0. The van der Waals surface area contributed by atoms with Gasteiger partial charge in [0.05, 0.1) is 13.2 Å². The van der Waals surface area contributed by atoms with E-state index in [-0.39, 0.29) is 17.8 Å². The van der Waals surface area contributed by atoms with Crippen molar-refractivity contribution >= 4 is 0 Å². The highest BCUT2D eigenvalue weighted by Gasteiger charge is 2.65. The summed E-state index contributed by atoms with van der Waals surface area (Å²) in [6.45, 7) is 14.2. The van der Waals surface area contributed by atoms with Gasteiger partial charge in [-0.3, -0.25) is 0 Å². The number of hydrogen-bond acceptors (Lipinski definition) is 3. The average Bonchev–Trinajstić information content (AvgIpc) is 3.34. The van der Waals surface area contributed by atoms with Crippen molar-refractivity contribution in [3.05, 3.63) is 0 Å². The van der Waals surface area contributed by atoms with Gasteiger partial charge in [-0.05, 0) is 85.9 Å². The van der Waals surface area contributed by atoms with Crippen LogP contribution in [0.1, 0.15) is 105 Å². The van der Waals surface area contributed by atoms with Crippen LogP contribution in [0.4, 0.5) is 0 Å². The SMILES string of the molecule is CC(C)CCCC(C)C1CCC2C3CCC4(OCCO4)C(C)(CCCO)C3CCC12C. The van der Waals surface area contributed by atoms with Crippen molar-refractivity contribution in [1.82, 2.24) is 0 Å². The van der Waals surface area contributed by atoms with Crippen LogP contribution in [-0.4, -0.2) is 30.7 Å². The summed E-state index contributed by atoms with van der Waals surface area (Å²) in [4.78, 5) is 0. The third kappa shape index (κ3) is 4.03. The van der Waals surface area contributed by atoms with E-state index in [9.17, 15) is 5.11 Å². The third-order valence-corrected chi connectivity index (χ3v) is 10.7. The standard InChI is InChI=1S/C28H50O3/c1-20(2)8-6-9-21(3)23-10-11-24-22-12-16-28(30-18-19-31-28)27(5,14-7-17-29)25(22)13-15-26(23,24)4/h20-25,29H,6-19H2,1-5H3. The maximum Gasteiger partial charge on any atom is 0.174 e. The Morgan fingerprint density at radius 3 is 2.29 bits per heavy atom. The molecule has 0 bridgehead atoms. The quantitative estimate of drug-likeness (QED) is 0.455. The molecule has 1 N–H and O–H groups in total. The molecule has 3 saturated carbocycles. The second-order valence-electron chi connectivity index (χ2n) is 12.6. The number of fused-ring (bicyclic) bond motifs is 3. The topological polar surface area (TPSA) is 38.7 Å². The summed E-state index contributed by atoms with van der Waals surface area (Å²) in [6.07, 6.45) is 14.0. The molecule has 31 heavy (non-hydrogen) atoms. The lowest BCUT2D eigenvalue weighted by molar-refractivity contribution is -0.292. The van der Waals surface area contributed by atoms with Crippen molar-refractivity contribution in [2.45, 2.75) is 111 Å². The maximum absolute atomic E-state index is 9.65. The van der Waals surface area contributed by atoms with Gasteiger partial charge in [0.15, 0.2) is 5.79 Å². The summed E-state index contributed by atoms with van der Waals surface area (Å²) in [5, 5.41) is 9.65. The van der Waals surface area contributed by atoms with Crippen molar-refractivity contribution in [2.24, 2.45) is 46.3 Å². The Morgan fingerprint density at radius 2 is 1.61 bits per heavy atom. The van der Waals surface area contributed by atoms with Crippen LogP contribution < -0.4 is 0 Å². The van der Waals surface area contributed by atoms with Crippen LogP contribution in [-0.2, 0) is 9.47 Å². The van der Waals surface area contributed by atoms with Crippen LogP contribution in [0, 0.1) is 46.3 Å². The Balaban J connectivity index is 1.51. The van der Waals surface area contributed by atoms with Crippen LogP contribution in [0.3, 0.4) is 0 Å². The molecule has 3 heteroatoms. The van der Waals surface area contributed by atoms with Gasteiger partial charge >= 0.3 is 0 Å². The lowest BCUT2D eigenvalue weighted by atomic mass is 9.46. The monoisotopic (exact) mass is 434 g/mol. The largest absolute Gasteiger partial charge is 0.396 e. The molecule has 1 heterocycles. The third-order valence-electron chi connectivity index (χ3n) is 10.7. The van der Waals surface area contributed by atoms with Crippen LogP contribution in [0.2, 0.25) is 0 Å². The van der Waals surface area contributed by atoms with Crippen LogP contribution in [0.25, 0.3) is 0 Å². The Morgan fingerprint density at radius 1 is 0.871 bits per heavy atom. The van der Waals surface area contributed by atoms with E-state index in [1.165, 1.54) is 51.4 Å². The fourth-order valence-electron chi connectivity index (χ4n) is 9.18. The van der Waals surface area contributed by atoms with Gasteiger partial charge in [-0.15, -0.1) is 0 Å². The van der Waals surface area contributed by atoms with Gasteiger partial charge < -0.3 is 14.6 Å². The Labute approximate surface area is 192 Å². The molecule has 0 aromatic carbocycles. The van der Waals surface area contributed by atoms with Gasteiger partial charge in [0.25, 0.3) is 0 Å². The Hall–Kier alpha value is -0.120. The molecule has 0 radical (unpaired) electrons. The first kappa shape index (κ1) is 24.0. The number of aliphatic hydroxyl groups is 1. The van der Waals surface area contributed by atoms with E-state index < -0.39 is 0 Å². The van der Waals surface area contributed by atoms with Crippen molar-refractivity contribution < 1.29 is 14.6 Å². The van der Waals surface area contributed by atoms with Crippen LogP contribution >= 0.6 is 0 Å².